The summed E-state index contributed by atoms with van der Waals surface area (Å²) in [6.45, 7) is 27.8. The van der Waals surface area contributed by atoms with Crippen LogP contribution >= 0.6 is 0 Å². The van der Waals surface area contributed by atoms with Crippen molar-refractivity contribution in [1.29, 1.82) is 0 Å². The van der Waals surface area contributed by atoms with E-state index in [1.807, 2.05) is 0 Å². The highest BCUT2D eigenvalue weighted by Gasteiger charge is 2.26. The summed E-state index contributed by atoms with van der Waals surface area (Å²) >= 11 is 0. The Hall–Kier alpha value is -8.46. The SMILES string of the molecule is CC(C)(C)c1ccc2c(c1)c1cc(C(C)(C)C)ccc1n2-c1ccc2c(-c3ccc(-c4ccccc4)cc3)c3cc(-n4c5ccc(C(C)(C)C)cc5c5cc(C(C)(C)C)ccc54)ccc3c(-c3ccc(-c4ccccc4)cc3)c2c1. The van der Waals surface area contributed by atoms with Gasteiger partial charge in [-0.05, 0) is 183 Å². The number of nitrogens with zero attached hydrogens (tertiary/aromatic N) is 2. The van der Waals surface area contributed by atoms with Crippen LogP contribution in [0.25, 0.3) is 121 Å². The van der Waals surface area contributed by atoms with Gasteiger partial charge in [-0.15, -0.1) is 0 Å². The maximum absolute atomic E-state index is 2.52. The van der Waals surface area contributed by atoms with Crippen LogP contribution in [0.4, 0.5) is 0 Å². The zero-order chi connectivity index (χ0) is 55.6. The molecule has 0 spiro atoms. The molecule has 2 heteroatoms. The third-order valence-corrected chi connectivity index (χ3v) is 17.2. The molecular weight excluding hydrogens is 965 g/mol. The van der Waals surface area contributed by atoms with Gasteiger partial charge in [-0.25, -0.2) is 0 Å². The van der Waals surface area contributed by atoms with E-state index in [4.69, 9.17) is 0 Å². The van der Waals surface area contributed by atoms with Gasteiger partial charge in [-0.1, -0.05) is 229 Å². The van der Waals surface area contributed by atoms with Crippen molar-refractivity contribution in [2.75, 3.05) is 0 Å². The van der Waals surface area contributed by atoms with Crippen LogP contribution < -0.4 is 0 Å². The van der Waals surface area contributed by atoms with Crippen LogP contribution in [-0.4, -0.2) is 9.13 Å². The molecular formula is C78H72N2. The van der Waals surface area contributed by atoms with Gasteiger partial charge in [-0.2, -0.15) is 0 Å². The largest absolute Gasteiger partial charge is 0.309 e. The van der Waals surface area contributed by atoms with Crippen molar-refractivity contribution in [3.63, 3.8) is 0 Å². The smallest absolute Gasteiger partial charge is 0.0541 e. The van der Waals surface area contributed by atoms with Crippen LogP contribution in [0.2, 0.25) is 0 Å². The van der Waals surface area contributed by atoms with Gasteiger partial charge in [0.2, 0.25) is 0 Å². The third-order valence-electron chi connectivity index (χ3n) is 17.2. The molecule has 0 atom stereocenters. The second kappa shape index (κ2) is 18.6. The summed E-state index contributed by atoms with van der Waals surface area (Å²) in [6, 6.07) is 83.3. The van der Waals surface area contributed by atoms with Gasteiger partial charge in [0, 0.05) is 32.9 Å². The molecule has 13 rings (SSSR count). The number of rotatable bonds is 6. The van der Waals surface area contributed by atoms with Crippen molar-refractivity contribution in [2.24, 2.45) is 0 Å². The Morgan fingerprint density at radius 2 is 0.475 bits per heavy atom. The molecule has 0 radical (unpaired) electrons. The van der Waals surface area contributed by atoms with Crippen LogP contribution in [-0.2, 0) is 21.7 Å². The Morgan fingerprint density at radius 3 is 0.750 bits per heavy atom. The predicted molar refractivity (Wildman–Crippen MR) is 347 cm³/mol. The van der Waals surface area contributed by atoms with Crippen LogP contribution in [0, 0.1) is 0 Å². The van der Waals surface area contributed by atoms with Crippen LogP contribution in [0.1, 0.15) is 105 Å². The van der Waals surface area contributed by atoms with Crippen LogP contribution in [0.15, 0.2) is 218 Å². The van der Waals surface area contributed by atoms with Crippen molar-refractivity contribution in [2.45, 2.75) is 105 Å². The first-order chi connectivity index (χ1) is 38.2. The van der Waals surface area contributed by atoms with Crippen molar-refractivity contribution in [3.05, 3.63) is 241 Å². The topological polar surface area (TPSA) is 9.86 Å². The maximum Gasteiger partial charge on any atom is 0.0541 e. The van der Waals surface area contributed by atoms with E-state index in [0.29, 0.717) is 0 Å². The van der Waals surface area contributed by atoms with Crippen molar-refractivity contribution in [1.82, 2.24) is 9.13 Å². The van der Waals surface area contributed by atoms with Crippen LogP contribution in [0.3, 0.4) is 0 Å². The number of hydrogen-bond acceptors (Lipinski definition) is 0. The lowest BCUT2D eigenvalue weighted by atomic mass is 9.85. The average molecular weight is 1040 g/mol. The average Bonchev–Trinajstić information content (AvgIpc) is 4.03. The van der Waals surface area contributed by atoms with E-state index in [2.05, 4.69) is 311 Å². The van der Waals surface area contributed by atoms with Gasteiger partial charge in [-0.3, -0.25) is 0 Å². The molecule has 394 valence electrons. The zero-order valence-electron chi connectivity index (χ0n) is 48.7. The molecule has 80 heavy (non-hydrogen) atoms. The summed E-state index contributed by atoms with van der Waals surface area (Å²) in [6.07, 6.45) is 0. The molecule has 0 saturated carbocycles. The Bertz CT molecular complexity index is 4120. The standard InChI is InChI=1S/C78H72N2/c1-75(2,3)55-31-39-69-63(43-55)64-44-56(76(4,5)6)32-40-70(64)79(69)59-35-37-61-67(47-59)73(53-27-23-51(24-28-53)49-19-15-13-16-20-49)62-38-36-60(48-68(62)74(61)54-29-25-52(26-30-54)50-21-17-14-18-22-50)80-71-41-33-57(77(7,8)9)45-65(71)66-46-58(78(10,11)12)34-42-72(66)80/h13-48H,1-12H3. The second-order valence-corrected chi connectivity index (χ2v) is 26.7. The quantitative estimate of drug-likeness (QED) is 0.147. The summed E-state index contributed by atoms with van der Waals surface area (Å²) in [5.74, 6) is 0. The summed E-state index contributed by atoms with van der Waals surface area (Å²) in [4.78, 5) is 0. The zero-order valence-corrected chi connectivity index (χ0v) is 48.7. The summed E-state index contributed by atoms with van der Waals surface area (Å²) < 4.78 is 5.04. The lowest BCUT2D eigenvalue weighted by Crippen LogP contribution is -2.10. The van der Waals surface area contributed by atoms with Crippen LogP contribution in [0.5, 0.6) is 0 Å². The molecule has 0 fully saturated rings. The van der Waals surface area contributed by atoms with Gasteiger partial charge >= 0.3 is 0 Å². The first-order valence-corrected chi connectivity index (χ1v) is 28.7. The fourth-order valence-electron chi connectivity index (χ4n) is 12.5. The van der Waals surface area contributed by atoms with E-state index < -0.39 is 0 Å². The Balaban J connectivity index is 1.13. The van der Waals surface area contributed by atoms with E-state index in [1.54, 1.807) is 0 Å². The van der Waals surface area contributed by atoms with E-state index in [1.165, 1.54) is 132 Å². The Kier molecular flexibility index (Phi) is 11.8. The molecule has 11 aromatic carbocycles. The lowest BCUT2D eigenvalue weighted by Gasteiger charge is -2.21. The van der Waals surface area contributed by atoms with Gasteiger partial charge in [0.05, 0.1) is 22.1 Å². The second-order valence-electron chi connectivity index (χ2n) is 26.7. The molecule has 2 nitrogen and oxygen atoms in total. The monoisotopic (exact) mass is 1040 g/mol. The highest BCUT2D eigenvalue weighted by atomic mass is 15.0. The summed E-state index contributed by atoms with van der Waals surface area (Å²) in [5.41, 5.74) is 22.1. The van der Waals surface area contributed by atoms with Crippen molar-refractivity contribution in [3.8, 4) is 55.9 Å². The molecule has 0 bridgehead atoms. The molecule has 0 amide bonds. The normalized spacial score (nSPS) is 12.8. The minimum atomic E-state index is 0.00189. The number of hydrogen-bond donors (Lipinski definition) is 0. The highest BCUT2D eigenvalue weighted by molar-refractivity contribution is 6.23. The van der Waals surface area contributed by atoms with Gasteiger partial charge in [0.15, 0.2) is 0 Å². The predicted octanol–water partition coefficient (Wildman–Crippen LogP) is 22.0. The fourth-order valence-corrected chi connectivity index (χ4v) is 12.5. The highest BCUT2D eigenvalue weighted by Crippen LogP contribution is 2.48. The minimum Gasteiger partial charge on any atom is -0.309 e. The Labute approximate surface area is 473 Å². The first kappa shape index (κ1) is 51.0. The van der Waals surface area contributed by atoms with Crippen molar-refractivity contribution < 1.29 is 0 Å². The van der Waals surface area contributed by atoms with E-state index in [0.717, 1.165) is 11.4 Å². The van der Waals surface area contributed by atoms with E-state index >= 15 is 0 Å². The van der Waals surface area contributed by atoms with Gasteiger partial charge in [0.1, 0.15) is 0 Å². The molecule has 0 unspecified atom stereocenters. The number of fused-ring (bicyclic) bond motifs is 8. The lowest BCUT2D eigenvalue weighted by molar-refractivity contribution is 0.590. The van der Waals surface area contributed by atoms with E-state index in [-0.39, 0.29) is 21.7 Å². The Morgan fingerprint density at radius 1 is 0.212 bits per heavy atom. The summed E-state index contributed by atoms with van der Waals surface area (Å²) in [7, 11) is 0. The molecule has 0 aliphatic carbocycles. The van der Waals surface area contributed by atoms with E-state index in [9.17, 15) is 0 Å². The third kappa shape index (κ3) is 8.72. The number of aromatic nitrogens is 2. The molecule has 2 aromatic heterocycles. The molecule has 0 saturated heterocycles. The molecule has 0 aliphatic rings. The maximum atomic E-state index is 2.52. The van der Waals surface area contributed by atoms with Gasteiger partial charge < -0.3 is 9.13 Å². The molecule has 0 N–H and O–H groups in total. The summed E-state index contributed by atoms with van der Waals surface area (Å²) in [5, 5.41) is 10.0. The molecule has 2 heterocycles. The molecule has 0 aliphatic heterocycles. The number of benzene rings is 11. The first-order valence-electron chi connectivity index (χ1n) is 28.7. The van der Waals surface area contributed by atoms with Gasteiger partial charge in [0.25, 0.3) is 0 Å². The molecule has 13 aromatic rings. The minimum absolute atomic E-state index is 0.00189. The fraction of sp³-hybridized carbons (Fsp3) is 0.205. The van der Waals surface area contributed by atoms with Crippen molar-refractivity contribution >= 4 is 65.2 Å².